The fourth-order valence-corrected chi connectivity index (χ4v) is 6.65. The SMILES string of the molecule is CC1(COc2cc(F)c(C(=O)N3CCCC3)cc2C2CC2)CN(C(c2ccccc2)c2cc(Cl)cc(Cl)c2)C1. The van der Waals surface area contributed by atoms with Crippen LogP contribution in [0.5, 0.6) is 5.75 Å². The Morgan fingerprint density at radius 2 is 1.67 bits per heavy atom. The molecule has 3 fully saturated rings. The molecule has 1 unspecified atom stereocenters. The van der Waals surface area contributed by atoms with Gasteiger partial charge in [-0.05, 0) is 72.6 Å². The number of hydrogen-bond acceptors (Lipinski definition) is 3. The molecule has 3 aliphatic rings. The van der Waals surface area contributed by atoms with E-state index >= 15 is 4.39 Å². The van der Waals surface area contributed by atoms with Gasteiger partial charge in [-0.2, -0.15) is 0 Å². The molecule has 7 heteroatoms. The first-order chi connectivity index (χ1) is 18.8. The van der Waals surface area contributed by atoms with Crippen LogP contribution < -0.4 is 4.74 Å². The number of nitrogens with zero attached hydrogens (tertiary/aromatic N) is 2. The van der Waals surface area contributed by atoms with Crippen molar-refractivity contribution < 1.29 is 13.9 Å². The Hall–Kier alpha value is -2.60. The van der Waals surface area contributed by atoms with Crippen LogP contribution in [0.15, 0.2) is 60.7 Å². The van der Waals surface area contributed by atoms with Gasteiger partial charge in [0.1, 0.15) is 11.6 Å². The lowest BCUT2D eigenvalue weighted by molar-refractivity contribution is -0.0379. The first-order valence-electron chi connectivity index (χ1n) is 13.8. The molecule has 4 nitrogen and oxygen atoms in total. The third kappa shape index (κ3) is 5.68. The van der Waals surface area contributed by atoms with Crippen molar-refractivity contribution in [1.29, 1.82) is 0 Å². The molecule has 0 N–H and O–H groups in total. The van der Waals surface area contributed by atoms with Gasteiger partial charge in [-0.25, -0.2) is 4.39 Å². The van der Waals surface area contributed by atoms with Crippen molar-refractivity contribution in [2.24, 2.45) is 5.41 Å². The Kier molecular flexibility index (Phi) is 7.34. The molecule has 0 radical (unpaired) electrons. The van der Waals surface area contributed by atoms with Gasteiger partial charge >= 0.3 is 0 Å². The van der Waals surface area contributed by atoms with Gasteiger partial charge in [-0.1, -0.05) is 60.5 Å². The molecule has 1 aliphatic carbocycles. The Morgan fingerprint density at radius 3 is 2.31 bits per heavy atom. The second kappa shape index (κ2) is 10.8. The molecule has 2 saturated heterocycles. The van der Waals surface area contributed by atoms with Crippen LogP contribution in [-0.4, -0.2) is 48.5 Å². The number of halogens is 3. The van der Waals surface area contributed by atoms with E-state index in [0.29, 0.717) is 41.4 Å². The van der Waals surface area contributed by atoms with Crippen LogP contribution in [0, 0.1) is 11.2 Å². The summed E-state index contributed by atoms with van der Waals surface area (Å²) in [4.78, 5) is 17.1. The largest absolute Gasteiger partial charge is 0.493 e. The van der Waals surface area contributed by atoms with Gasteiger partial charge in [0.2, 0.25) is 0 Å². The predicted molar refractivity (Wildman–Crippen MR) is 153 cm³/mol. The summed E-state index contributed by atoms with van der Waals surface area (Å²) in [6, 6.07) is 19.3. The van der Waals surface area contributed by atoms with Gasteiger partial charge in [0.25, 0.3) is 5.91 Å². The highest BCUT2D eigenvalue weighted by Crippen LogP contribution is 2.46. The molecule has 1 amide bonds. The van der Waals surface area contributed by atoms with Crippen LogP contribution in [-0.2, 0) is 0 Å². The number of ether oxygens (including phenoxy) is 1. The zero-order valence-corrected chi connectivity index (χ0v) is 23.6. The Balaban J connectivity index is 1.18. The lowest BCUT2D eigenvalue weighted by Gasteiger charge is -2.51. The summed E-state index contributed by atoms with van der Waals surface area (Å²) in [6.45, 7) is 5.70. The van der Waals surface area contributed by atoms with E-state index in [1.54, 1.807) is 17.0 Å². The van der Waals surface area contributed by atoms with E-state index in [9.17, 15) is 4.79 Å². The molecule has 3 aromatic rings. The first-order valence-corrected chi connectivity index (χ1v) is 14.6. The van der Waals surface area contributed by atoms with E-state index in [-0.39, 0.29) is 22.9 Å². The van der Waals surface area contributed by atoms with E-state index in [1.165, 1.54) is 11.6 Å². The van der Waals surface area contributed by atoms with Gasteiger partial charge in [0.05, 0.1) is 18.2 Å². The van der Waals surface area contributed by atoms with Gasteiger partial charge in [0.15, 0.2) is 0 Å². The molecule has 0 aromatic heterocycles. The summed E-state index contributed by atoms with van der Waals surface area (Å²) < 4.78 is 21.5. The molecule has 204 valence electrons. The van der Waals surface area contributed by atoms with Crippen molar-refractivity contribution in [3.05, 3.63) is 98.8 Å². The predicted octanol–water partition coefficient (Wildman–Crippen LogP) is 7.74. The summed E-state index contributed by atoms with van der Waals surface area (Å²) >= 11 is 12.7. The highest BCUT2D eigenvalue weighted by Gasteiger charge is 2.44. The molecular weight excluding hydrogens is 534 g/mol. The highest BCUT2D eigenvalue weighted by molar-refractivity contribution is 6.34. The van der Waals surface area contributed by atoms with Crippen LogP contribution in [0.25, 0.3) is 0 Å². The fraction of sp³-hybridized carbons (Fsp3) is 0.406. The molecule has 0 bridgehead atoms. The number of benzene rings is 3. The lowest BCUT2D eigenvalue weighted by atomic mass is 9.79. The molecule has 1 atom stereocenters. The number of rotatable bonds is 8. The minimum absolute atomic E-state index is 0.0193. The van der Waals surface area contributed by atoms with E-state index < -0.39 is 5.82 Å². The van der Waals surface area contributed by atoms with Crippen LogP contribution in [0.3, 0.4) is 0 Å². The zero-order chi connectivity index (χ0) is 27.1. The van der Waals surface area contributed by atoms with Crippen LogP contribution in [0.4, 0.5) is 4.39 Å². The maximum absolute atomic E-state index is 15.2. The molecule has 0 spiro atoms. The third-order valence-electron chi connectivity index (χ3n) is 8.17. The average molecular weight is 568 g/mol. The quantitative estimate of drug-likeness (QED) is 0.279. The maximum Gasteiger partial charge on any atom is 0.256 e. The molecule has 2 heterocycles. The third-order valence-corrected chi connectivity index (χ3v) is 8.60. The molecular formula is C32H33Cl2FN2O2. The summed E-state index contributed by atoms with van der Waals surface area (Å²) in [5.74, 6) is 0.224. The fourth-order valence-electron chi connectivity index (χ4n) is 6.11. The standard InChI is InChI=1S/C32H33Cl2FN2O2/c1-32(18-37(19-32)30(22-7-3-2-4-8-22)23-13-24(33)15-25(34)14-23)20-39-29-17-28(35)27(16-26(29)21-9-10-21)31(38)36-11-5-6-12-36/h2-4,7-8,13-17,21,30H,5-6,9-12,18-20H2,1H3. The minimum Gasteiger partial charge on any atom is -0.493 e. The van der Waals surface area contributed by atoms with Crippen LogP contribution >= 0.6 is 23.2 Å². The number of carbonyl (C=O) groups is 1. The summed E-state index contributed by atoms with van der Waals surface area (Å²) in [7, 11) is 0. The summed E-state index contributed by atoms with van der Waals surface area (Å²) in [5.41, 5.74) is 3.28. The molecule has 6 rings (SSSR count). The number of amides is 1. The Labute approximate surface area is 239 Å². The molecule has 1 saturated carbocycles. The van der Waals surface area contributed by atoms with Gasteiger partial charge in [-0.15, -0.1) is 0 Å². The molecule has 39 heavy (non-hydrogen) atoms. The van der Waals surface area contributed by atoms with E-state index in [4.69, 9.17) is 27.9 Å². The molecule has 3 aromatic carbocycles. The smallest absolute Gasteiger partial charge is 0.256 e. The molecule has 2 aliphatic heterocycles. The zero-order valence-electron chi connectivity index (χ0n) is 22.1. The van der Waals surface area contributed by atoms with Crippen LogP contribution in [0.1, 0.15) is 71.6 Å². The number of hydrogen-bond donors (Lipinski definition) is 0. The van der Waals surface area contributed by atoms with Crippen molar-refractivity contribution in [2.45, 2.75) is 44.6 Å². The average Bonchev–Trinajstić information content (AvgIpc) is 3.59. The van der Waals surface area contributed by atoms with Gasteiger partial charge in [0, 0.05) is 47.7 Å². The van der Waals surface area contributed by atoms with Crippen molar-refractivity contribution >= 4 is 29.1 Å². The van der Waals surface area contributed by atoms with Crippen molar-refractivity contribution in [1.82, 2.24) is 9.80 Å². The number of carbonyl (C=O) groups excluding carboxylic acids is 1. The minimum atomic E-state index is -0.492. The van der Waals surface area contributed by atoms with E-state index in [2.05, 4.69) is 24.0 Å². The monoisotopic (exact) mass is 566 g/mol. The van der Waals surface area contributed by atoms with Crippen LogP contribution in [0.2, 0.25) is 10.0 Å². The summed E-state index contributed by atoms with van der Waals surface area (Å²) in [5, 5.41) is 1.23. The number of likely N-dealkylation sites (tertiary alicyclic amines) is 2. The van der Waals surface area contributed by atoms with Gasteiger partial charge in [-0.3, -0.25) is 9.69 Å². The van der Waals surface area contributed by atoms with Gasteiger partial charge < -0.3 is 9.64 Å². The lowest BCUT2D eigenvalue weighted by Crippen LogP contribution is -2.58. The maximum atomic E-state index is 15.2. The Morgan fingerprint density at radius 1 is 1.00 bits per heavy atom. The highest BCUT2D eigenvalue weighted by atomic mass is 35.5. The normalized spacial score (nSPS) is 19.5. The first kappa shape index (κ1) is 26.6. The second-order valence-electron chi connectivity index (χ2n) is 11.7. The van der Waals surface area contributed by atoms with Crippen molar-refractivity contribution in [3.8, 4) is 5.75 Å². The second-order valence-corrected chi connectivity index (χ2v) is 12.5. The van der Waals surface area contributed by atoms with Crippen molar-refractivity contribution in [2.75, 3.05) is 32.8 Å². The van der Waals surface area contributed by atoms with E-state index in [0.717, 1.165) is 49.9 Å². The van der Waals surface area contributed by atoms with E-state index in [1.807, 2.05) is 30.3 Å². The summed E-state index contributed by atoms with van der Waals surface area (Å²) in [6.07, 6.45) is 4.06. The Bertz CT molecular complexity index is 1350. The van der Waals surface area contributed by atoms with Crippen molar-refractivity contribution in [3.63, 3.8) is 0 Å². The topological polar surface area (TPSA) is 32.8 Å².